The number of rotatable bonds is 3. The van der Waals surface area contributed by atoms with Crippen molar-refractivity contribution in [2.24, 2.45) is 0 Å². The van der Waals surface area contributed by atoms with E-state index in [4.69, 9.17) is 9.47 Å². The largest absolute Gasteiger partial charge is 0.488 e. The highest BCUT2D eigenvalue weighted by molar-refractivity contribution is 8.01. The minimum absolute atomic E-state index is 0.153. The van der Waals surface area contributed by atoms with E-state index in [2.05, 4.69) is 38.5 Å². The van der Waals surface area contributed by atoms with Gasteiger partial charge in [0.05, 0.1) is 25.2 Å². The van der Waals surface area contributed by atoms with Crippen LogP contribution in [0, 0.1) is 0 Å². The van der Waals surface area contributed by atoms with Crippen molar-refractivity contribution in [1.82, 2.24) is 14.2 Å². The molecule has 6 rings (SSSR count). The number of amides is 1. The molecule has 5 heterocycles. The summed E-state index contributed by atoms with van der Waals surface area (Å²) in [6.07, 6.45) is 7.52. The van der Waals surface area contributed by atoms with Gasteiger partial charge in [-0.05, 0) is 49.1 Å². The normalized spacial score (nSPS) is 24.7. The number of ether oxygens (including phenoxy) is 2. The molecular formula is C24H26N4O3S. The molecule has 32 heavy (non-hydrogen) atoms. The molecule has 4 aliphatic heterocycles. The predicted molar refractivity (Wildman–Crippen MR) is 124 cm³/mol. The van der Waals surface area contributed by atoms with Gasteiger partial charge in [0.1, 0.15) is 18.6 Å². The maximum atomic E-state index is 13.0. The first-order valence-corrected chi connectivity index (χ1v) is 11.9. The third kappa shape index (κ3) is 3.76. The lowest BCUT2D eigenvalue weighted by atomic mass is 9.91. The van der Waals surface area contributed by atoms with Crippen molar-refractivity contribution < 1.29 is 14.3 Å². The Labute approximate surface area is 192 Å². The molecule has 166 valence electrons. The van der Waals surface area contributed by atoms with E-state index < -0.39 is 0 Å². The lowest BCUT2D eigenvalue weighted by Crippen LogP contribution is -2.52. The van der Waals surface area contributed by atoms with Gasteiger partial charge in [0.2, 0.25) is 5.91 Å². The first-order valence-electron chi connectivity index (χ1n) is 11.2. The van der Waals surface area contributed by atoms with E-state index in [1.807, 2.05) is 35.5 Å². The fourth-order valence-corrected chi connectivity index (χ4v) is 6.05. The highest BCUT2D eigenvalue weighted by Gasteiger charge is 2.50. The Bertz CT molecular complexity index is 1040. The van der Waals surface area contributed by atoms with Gasteiger partial charge in [-0.3, -0.25) is 9.78 Å². The fourth-order valence-electron chi connectivity index (χ4n) is 5.05. The van der Waals surface area contributed by atoms with Gasteiger partial charge < -0.3 is 19.3 Å². The summed E-state index contributed by atoms with van der Waals surface area (Å²) in [4.78, 5) is 22.5. The number of piperazine rings is 1. The van der Waals surface area contributed by atoms with Crippen molar-refractivity contribution >= 4 is 29.6 Å². The molecule has 2 aromatic rings. The fraction of sp³-hybridized carbons (Fsp3) is 0.417. The average Bonchev–Trinajstić information content (AvgIpc) is 3.18. The number of fused-ring (bicyclic) bond motifs is 2. The zero-order valence-corrected chi connectivity index (χ0v) is 18.7. The minimum Gasteiger partial charge on any atom is -0.488 e. The Morgan fingerprint density at radius 3 is 2.75 bits per heavy atom. The Morgan fingerprint density at radius 1 is 1.09 bits per heavy atom. The van der Waals surface area contributed by atoms with E-state index in [-0.39, 0.29) is 17.7 Å². The molecule has 3 saturated heterocycles. The SMILES string of the molecule is O=C1CN(SC2=Cc3ccccc3OC2)CC2OC3(CCN(c4ccncc4)CC3)CN12. The molecular weight excluding hydrogens is 424 g/mol. The van der Waals surface area contributed by atoms with Crippen molar-refractivity contribution in [3.05, 3.63) is 59.3 Å². The number of benzene rings is 1. The third-order valence-electron chi connectivity index (χ3n) is 6.74. The highest BCUT2D eigenvalue weighted by atomic mass is 32.2. The van der Waals surface area contributed by atoms with Crippen LogP contribution in [0.1, 0.15) is 18.4 Å². The van der Waals surface area contributed by atoms with E-state index in [0.717, 1.165) is 42.1 Å². The smallest absolute Gasteiger partial charge is 0.239 e. The molecule has 0 radical (unpaired) electrons. The van der Waals surface area contributed by atoms with Crippen LogP contribution in [0.4, 0.5) is 5.69 Å². The summed E-state index contributed by atoms with van der Waals surface area (Å²) >= 11 is 1.62. The molecule has 0 bridgehead atoms. The molecule has 0 saturated carbocycles. The summed E-state index contributed by atoms with van der Waals surface area (Å²) in [6, 6.07) is 12.1. The zero-order valence-electron chi connectivity index (χ0n) is 17.9. The van der Waals surface area contributed by atoms with E-state index in [9.17, 15) is 4.79 Å². The van der Waals surface area contributed by atoms with E-state index in [1.54, 1.807) is 11.9 Å². The highest BCUT2D eigenvalue weighted by Crippen LogP contribution is 2.40. The van der Waals surface area contributed by atoms with Crippen molar-refractivity contribution in [3.63, 3.8) is 0 Å². The van der Waals surface area contributed by atoms with Crippen molar-refractivity contribution in [2.45, 2.75) is 24.7 Å². The molecule has 7 nitrogen and oxygen atoms in total. The second kappa shape index (κ2) is 8.10. The molecule has 1 atom stereocenters. The van der Waals surface area contributed by atoms with Gasteiger partial charge in [-0.15, -0.1) is 0 Å². The van der Waals surface area contributed by atoms with Gasteiger partial charge in [-0.1, -0.05) is 18.2 Å². The Morgan fingerprint density at radius 2 is 1.91 bits per heavy atom. The first-order chi connectivity index (χ1) is 15.7. The quantitative estimate of drug-likeness (QED) is 0.667. The lowest BCUT2D eigenvalue weighted by molar-refractivity contribution is -0.144. The number of carbonyl (C=O) groups excluding carboxylic acids is 1. The monoisotopic (exact) mass is 450 g/mol. The van der Waals surface area contributed by atoms with Crippen LogP contribution in [-0.4, -0.2) is 71.3 Å². The van der Waals surface area contributed by atoms with Crippen LogP contribution < -0.4 is 9.64 Å². The molecule has 1 amide bonds. The second-order valence-corrected chi connectivity index (χ2v) is 10.0. The number of pyridine rings is 1. The average molecular weight is 451 g/mol. The van der Waals surface area contributed by atoms with Gasteiger partial charge in [0.25, 0.3) is 0 Å². The van der Waals surface area contributed by atoms with Crippen LogP contribution in [-0.2, 0) is 9.53 Å². The number of hydrogen-bond acceptors (Lipinski definition) is 7. The topological polar surface area (TPSA) is 58.1 Å². The third-order valence-corrected chi connectivity index (χ3v) is 7.74. The van der Waals surface area contributed by atoms with Gasteiger partial charge in [-0.2, -0.15) is 0 Å². The first kappa shape index (κ1) is 20.1. The van der Waals surface area contributed by atoms with E-state index in [0.29, 0.717) is 26.2 Å². The number of piperidine rings is 1. The summed E-state index contributed by atoms with van der Waals surface area (Å²) in [6.45, 7) is 4.23. The summed E-state index contributed by atoms with van der Waals surface area (Å²) < 4.78 is 14.6. The van der Waals surface area contributed by atoms with Crippen molar-refractivity contribution in [3.8, 4) is 5.75 Å². The van der Waals surface area contributed by atoms with Gasteiger partial charge >= 0.3 is 0 Å². The van der Waals surface area contributed by atoms with E-state index >= 15 is 0 Å². The van der Waals surface area contributed by atoms with Crippen LogP contribution in [0.25, 0.3) is 6.08 Å². The summed E-state index contributed by atoms with van der Waals surface area (Å²) in [7, 11) is 0. The van der Waals surface area contributed by atoms with Crippen LogP contribution in [0.15, 0.2) is 53.7 Å². The van der Waals surface area contributed by atoms with Crippen LogP contribution in [0.5, 0.6) is 5.75 Å². The molecule has 1 spiro atoms. The van der Waals surface area contributed by atoms with Crippen molar-refractivity contribution in [1.29, 1.82) is 0 Å². The Kier molecular flexibility index (Phi) is 5.08. The molecule has 0 N–H and O–H groups in total. The zero-order chi connectivity index (χ0) is 21.5. The number of para-hydroxylation sites is 1. The molecule has 1 aromatic carbocycles. The maximum absolute atomic E-state index is 13.0. The molecule has 4 aliphatic rings. The number of nitrogens with zero attached hydrogens (tertiary/aromatic N) is 4. The Balaban J connectivity index is 1.10. The molecule has 1 unspecified atom stereocenters. The maximum Gasteiger partial charge on any atom is 0.239 e. The molecule has 3 fully saturated rings. The second-order valence-electron chi connectivity index (χ2n) is 8.82. The summed E-state index contributed by atoms with van der Waals surface area (Å²) in [5, 5.41) is 0. The minimum atomic E-state index is -0.226. The molecule has 8 heteroatoms. The lowest BCUT2D eigenvalue weighted by Gasteiger charge is -2.39. The number of aromatic nitrogens is 1. The molecule has 1 aromatic heterocycles. The number of hydrogen-bond donors (Lipinski definition) is 0. The van der Waals surface area contributed by atoms with Crippen LogP contribution in [0.2, 0.25) is 0 Å². The molecule has 0 aliphatic carbocycles. The van der Waals surface area contributed by atoms with Gasteiger partial charge in [0.15, 0.2) is 0 Å². The van der Waals surface area contributed by atoms with Gasteiger partial charge in [-0.25, -0.2) is 4.31 Å². The summed E-state index contributed by atoms with van der Waals surface area (Å²) in [5.41, 5.74) is 2.06. The van der Waals surface area contributed by atoms with Gasteiger partial charge in [0, 0.05) is 41.6 Å². The van der Waals surface area contributed by atoms with Crippen LogP contribution in [0.3, 0.4) is 0 Å². The number of carbonyl (C=O) groups is 1. The number of anilines is 1. The Hall–Kier alpha value is -2.55. The van der Waals surface area contributed by atoms with E-state index in [1.165, 1.54) is 5.69 Å². The summed E-state index contributed by atoms with van der Waals surface area (Å²) in [5.74, 6) is 1.07. The standard InChI is InChI=1S/C24H26N4O3S/c29-22-14-27(32-20-13-18-3-1-2-4-21(18)30-16-20)15-23-28(22)17-24(31-23)7-11-26(12-8-24)19-5-9-25-10-6-19/h1-6,9-10,13,23H,7-8,11-12,14-17H2. The predicted octanol–water partition coefficient (Wildman–Crippen LogP) is 3.00. The van der Waals surface area contributed by atoms with Crippen LogP contribution >= 0.6 is 11.9 Å². The van der Waals surface area contributed by atoms with Crippen molar-refractivity contribution in [2.75, 3.05) is 44.2 Å².